The van der Waals surface area contributed by atoms with Crippen LogP contribution in [0.3, 0.4) is 0 Å². The molecule has 1 saturated carbocycles. The molecule has 6 nitrogen and oxygen atoms in total. The van der Waals surface area contributed by atoms with E-state index in [1.807, 2.05) is 54.6 Å². The summed E-state index contributed by atoms with van der Waals surface area (Å²) in [5, 5.41) is 6.52. The van der Waals surface area contributed by atoms with Crippen LogP contribution in [-0.2, 0) is 26.3 Å². The Bertz CT molecular complexity index is 1110. The Kier molecular flexibility index (Phi) is 4.87. The van der Waals surface area contributed by atoms with E-state index in [1.165, 1.54) is 0 Å². The lowest BCUT2D eigenvalue weighted by atomic mass is 9.76. The molecule has 0 aromatic heterocycles. The fourth-order valence-corrected chi connectivity index (χ4v) is 6.70. The maximum Gasteiger partial charge on any atom is 0.250 e. The van der Waals surface area contributed by atoms with Crippen LogP contribution in [-0.4, -0.2) is 34.7 Å². The van der Waals surface area contributed by atoms with Gasteiger partial charge in [0.05, 0.1) is 11.8 Å². The van der Waals surface area contributed by atoms with Gasteiger partial charge in [-0.3, -0.25) is 24.6 Å². The number of imide groups is 1. The van der Waals surface area contributed by atoms with Crippen molar-refractivity contribution in [3.05, 3.63) is 65.7 Å². The van der Waals surface area contributed by atoms with Crippen LogP contribution in [0.4, 0.5) is 5.69 Å². The number of nitrogens with one attached hydrogen (secondary N) is 2. The summed E-state index contributed by atoms with van der Waals surface area (Å²) in [6.07, 6.45) is 6.70. The first-order valence-corrected chi connectivity index (χ1v) is 12.2. The molecule has 0 unspecified atom stereocenters. The number of benzene rings is 2. The number of fused-ring (bicyclic) bond motifs is 4. The topological polar surface area (TPSA) is 78.5 Å². The van der Waals surface area contributed by atoms with Crippen LogP contribution >= 0.6 is 0 Å². The molecular weight excluding hydrogens is 414 g/mol. The minimum absolute atomic E-state index is 0.0489. The summed E-state index contributed by atoms with van der Waals surface area (Å²) in [5.74, 6) is -1.76. The zero-order valence-corrected chi connectivity index (χ0v) is 18.6. The Balaban J connectivity index is 1.45. The second-order valence-electron chi connectivity index (χ2n) is 9.94. The average Bonchev–Trinajstić information content (AvgIpc) is 3.28. The van der Waals surface area contributed by atoms with Crippen LogP contribution < -0.4 is 10.6 Å². The van der Waals surface area contributed by atoms with Crippen molar-refractivity contribution < 1.29 is 14.4 Å². The third-order valence-electron chi connectivity index (χ3n) is 8.14. The number of carbonyl (C=O) groups excluding carboxylic acids is 3. The number of carbonyl (C=O) groups is 3. The van der Waals surface area contributed by atoms with Crippen LogP contribution in [0.5, 0.6) is 0 Å². The highest BCUT2D eigenvalue weighted by Gasteiger charge is 2.70. The molecule has 4 aliphatic rings. The number of hydrogen-bond donors (Lipinski definition) is 2. The van der Waals surface area contributed by atoms with E-state index in [9.17, 15) is 14.4 Å². The summed E-state index contributed by atoms with van der Waals surface area (Å²) in [4.78, 5) is 43.0. The van der Waals surface area contributed by atoms with E-state index in [0.717, 1.165) is 55.3 Å². The van der Waals surface area contributed by atoms with Crippen LogP contribution in [0, 0.1) is 11.8 Å². The molecule has 3 heterocycles. The van der Waals surface area contributed by atoms with Gasteiger partial charge in [0.15, 0.2) is 0 Å². The van der Waals surface area contributed by atoms with Gasteiger partial charge in [-0.1, -0.05) is 74.2 Å². The first kappa shape index (κ1) is 20.6. The van der Waals surface area contributed by atoms with Gasteiger partial charge in [0.2, 0.25) is 17.7 Å². The standard InChI is InChI=1S/C27H29N3O3/c31-24-22-21(16-17-10-4-3-5-11-17)29-27(19-14-8-9-15-20(19)28-26(27)33)23(22)25(32)30(24)18-12-6-1-2-7-13-18/h3-5,8-11,14-15,18,21-23,29H,1-2,6-7,12-13,16H2,(H,28,33)/t21-,22+,23+,27+/m0/s1. The Morgan fingerprint density at radius 1 is 0.848 bits per heavy atom. The van der Waals surface area contributed by atoms with Crippen LogP contribution in [0.15, 0.2) is 54.6 Å². The van der Waals surface area contributed by atoms with E-state index >= 15 is 0 Å². The summed E-state index contributed by atoms with van der Waals surface area (Å²) >= 11 is 0. The number of para-hydroxylation sites is 1. The first-order chi connectivity index (χ1) is 16.1. The molecular formula is C27H29N3O3. The van der Waals surface area contributed by atoms with Gasteiger partial charge in [0, 0.05) is 23.3 Å². The van der Waals surface area contributed by atoms with E-state index in [1.54, 1.807) is 4.90 Å². The quantitative estimate of drug-likeness (QED) is 0.563. The van der Waals surface area contributed by atoms with Crippen LogP contribution in [0.25, 0.3) is 0 Å². The molecule has 2 aromatic rings. The number of hydrogen-bond acceptors (Lipinski definition) is 4. The van der Waals surface area contributed by atoms with Gasteiger partial charge in [0.25, 0.3) is 0 Å². The molecule has 2 saturated heterocycles. The maximum atomic E-state index is 14.0. The number of amides is 3. The molecule has 33 heavy (non-hydrogen) atoms. The second kappa shape index (κ2) is 7.80. The Labute approximate surface area is 193 Å². The molecule has 4 atom stereocenters. The number of rotatable bonds is 3. The van der Waals surface area contributed by atoms with Crippen molar-refractivity contribution >= 4 is 23.4 Å². The molecule has 3 fully saturated rings. The zero-order chi connectivity index (χ0) is 22.6. The van der Waals surface area contributed by atoms with E-state index in [0.29, 0.717) is 6.42 Å². The van der Waals surface area contributed by atoms with Crippen molar-refractivity contribution in [2.45, 2.75) is 62.6 Å². The molecule has 170 valence electrons. The lowest BCUT2D eigenvalue weighted by Gasteiger charge is -2.32. The maximum absolute atomic E-state index is 14.0. The summed E-state index contributed by atoms with van der Waals surface area (Å²) in [6.45, 7) is 0. The number of likely N-dealkylation sites (tertiary alicyclic amines) is 1. The van der Waals surface area contributed by atoms with Gasteiger partial charge >= 0.3 is 0 Å². The third-order valence-corrected chi connectivity index (χ3v) is 8.14. The molecule has 3 amide bonds. The predicted molar refractivity (Wildman–Crippen MR) is 124 cm³/mol. The fourth-order valence-electron chi connectivity index (χ4n) is 6.70. The lowest BCUT2D eigenvalue weighted by Crippen LogP contribution is -2.54. The fraction of sp³-hybridized carbons (Fsp3) is 0.444. The zero-order valence-electron chi connectivity index (χ0n) is 18.6. The predicted octanol–water partition coefficient (Wildman–Crippen LogP) is 3.37. The van der Waals surface area contributed by atoms with Gasteiger partial charge in [0.1, 0.15) is 5.54 Å². The lowest BCUT2D eigenvalue weighted by molar-refractivity contribution is -0.145. The van der Waals surface area contributed by atoms with Gasteiger partial charge in [-0.25, -0.2) is 0 Å². The average molecular weight is 444 g/mol. The van der Waals surface area contributed by atoms with E-state index in [2.05, 4.69) is 10.6 Å². The number of nitrogens with zero attached hydrogens (tertiary/aromatic N) is 1. The SMILES string of the molecule is O=C1[C@@H]2[C@H](Cc3ccccc3)N[C@@]3(C(=O)Nc4ccccc43)[C@H]2C(=O)N1C1CCCCCC1. The van der Waals surface area contributed by atoms with Crippen molar-refractivity contribution in [3.8, 4) is 0 Å². The van der Waals surface area contributed by atoms with Crippen LogP contribution in [0.1, 0.15) is 49.7 Å². The molecule has 1 spiro atoms. The Morgan fingerprint density at radius 3 is 2.30 bits per heavy atom. The van der Waals surface area contributed by atoms with Crippen molar-refractivity contribution in [3.63, 3.8) is 0 Å². The Morgan fingerprint density at radius 2 is 1.55 bits per heavy atom. The molecule has 2 N–H and O–H groups in total. The summed E-state index contributed by atoms with van der Waals surface area (Å²) in [5.41, 5.74) is 1.39. The van der Waals surface area contributed by atoms with E-state index in [4.69, 9.17) is 0 Å². The molecule has 1 aliphatic carbocycles. The smallest absolute Gasteiger partial charge is 0.250 e. The molecule has 0 bridgehead atoms. The van der Waals surface area contributed by atoms with Gasteiger partial charge in [-0.05, 0) is 30.9 Å². The van der Waals surface area contributed by atoms with Crippen molar-refractivity contribution in [2.24, 2.45) is 11.8 Å². The van der Waals surface area contributed by atoms with Crippen molar-refractivity contribution in [2.75, 3.05) is 5.32 Å². The van der Waals surface area contributed by atoms with E-state index < -0.39 is 17.4 Å². The number of anilines is 1. The van der Waals surface area contributed by atoms with Gasteiger partial charge < -0.3 is 5.32 Å². The molecule has 6 heteroatoms. The highest BCUT2D eigenvalue weighted by Crippen LogP contribution is 2.53. The summed E-state index contributed by atoms with van der Waals surface area (Å²) in [6, 6.07) is 17.2. The molecule has 2 aromatic carbocycles. The molecule has 3 aliphatic heterocycles. The minimum Gasteiger partial charge on any atom is -0.324 e. The highest BCUT2D eigenvalue weighted by atomic mass is 16.2. The second-order valence-corrected chi connectivity index (χ2v) is 9.94. The highest BCUT2D eigenvalue weighted by molar-refractivity contribution is 6.15. The van der Waals surface area contributed by atoms with Gasteiger partial charge in [-0.15, -0.1) is 0 Å². The molecule has 0 radical (unpaired) electrons. The third kappa shape index (κ3) is 3.00. The summed E-state index contributed by atoms with van der Waals surface area (Å²) < 4.78 is 0. The minimum atomic E-state index is -1.20. The van der Waals surface area contributed by atoms with E-state index in [-0.39, 0.29) is 29.8 Å². The van der Waals surface area contributed by atoms with Crippen molar-refractivity contribution in [1.29, 1.82) is 0 Å². The van der Waals surface area contributed by atoms with Crippen molar-refractivity contribution in [1.82, 2.24) is 10.2 Å². The normalized spacial score (nSPS) is 31.6. The largest absolute Gasteiger partial charge is 0.324 e. The summed E-state index contributed by atoms with van der Waals surface area (Å²) in [7, 11) is 0. The first-order valence-electron chi connectivity index (χ1n) is 12.2. The molecule has 6 rings (SSSR count). The monoisotopic (exact) mass is 443 g/mol. The Hall–Kier alpha value is -2.99. The van der Waals surface area contributed by atoms with Crippen LogP contribution in [0.2, 0.25) is 0 Å². The van der Waals surface area contributed by atoms with Gasteiger partial charge in [-0.2, -0.15) is 0 Å².